The van der Waals surface area contributed by atoms with Crippen molar-refractivity contribution in [1.82, 2.24) is 5.32 Å². The van der Waals surface area contributed by atoms with E-state index in [0.29, 0.717) is 18.6 Å². The number of piperidine rings is 1. The van der Waals surface area contributed by atoms with Gasteiger partial charge in [-0.1, -0.05) is 18.2 Å². The molecule has 4 aliphatic rings. The Kier molecular flexibility index (Phi) is 2.52. The second kappa shape index (κ2) is 4.27. The molecule has 2 bridgehead atoms. The first-order valence-corrected chi connectivity index (χ1v) is 8.31. The molecule has 0 amide bonds. The van der Waals surface area contributed by atoms with Gasteiger partial charge >= 0.3 is 0 Å². The van der Waals surface area contributed by atoms with Gasteiger partial charge in [0.2, 0.25) is 0 Å². The van der Waals surface area contributed by atoms with E-state index in [4.69, 9.17) is 9.47 Å². The largest absolute Gasteiger partial charge is 0.490 e. The van der Waals surface area contributed by atoms with Crippen molar-refractivity contribution in [2.45, 2.75) is 43.4 Å². The van der Waals surface area contributed by atoms with Crippen LogP contribution in [0.25, 0.3) is 0 Å². The van der Waals surface area contributed by atoms with Gasteiger partial charge in [-0.3, -0.25) is 0 Å². The van der Waals surface area contributed by atoms with Gasteiger partial charge in [0.25, 0.3) is 0 Å². The Morgan fingerprint density at radius 2 is 2.32 bits per heavy atom. The SMILES string of the molecule is CCOc1ccc2c3c1OC1C(O)C=CC4C(C2)NCCC341. The molecule has 5 unspecified atom stereocenters. The molecule has 1 saturated heterocycles. The highest BCUT2D eigenvalue weighted by Gasteiger charge is 2.63. The molecule has 5 atom stereocenters. The second-order valence-electron chi connectivity index (χ2n) is 6.85. The Morgan fingerprint density at radius 3 is 3.18 bits per heavy atom. The highest BCUT2D eigenvalue weighted by molar-refractivity contribution is 5.62. The number of benzene rings is 1. The minimum atomic E-state index is -0.539. The Morgan fingerprint density at radius 1 is 1.41 bits per heavy atom. The molecule has 116 valence electrons. The normalized spacial score (nSPS) is 40.1. The first kappa shape index (κ1) is 13.0. The fraction of sp³-hybridized carbons (Fsp3) is 0.556. The second-order valence-corrected chi connectivity index (χ2v) is 6.85. The molecule has 1 aromatic carbocycles. The average molecular weight is 299 g/mol. The molecule has 4 heteroatoms. The third-order valence-corrected chi connectivity index (χ3v) is 5.96. The smallest absolute Gasteiger partial charge is 0.165 e. The van der Waals surface area contributed by atoms with E-state index in [1.165, 1.54) is 11.1 Å². The van der Waals surface area contributed by atoms with Crippen molar-refractivity contribution in [3.8, 4) is 11.5 Å². The summed E-state index contributed by atoms with van der Waals surface area (Å²) in [5.41, 5.74) is 2.59. The third-order valence-electron chi connectivity index (χ3n) is 5.96. The van der Waals surface area contributed by atoms with Gasteiger partial charge in [0.05, 0.1) is 6.61 Å². The molecule has 2 N–H and O–H groups in total. The quantitative estimate of drug-likeness (QED) is 0.814. The van der Waals surface area contributed by atoms with Gasteiger partial charge in [0.1, 0.15) is 12.2 Å². The van der Waals surface area contributed by atoms with Gasteiger partial charge in [-0.15, -0.1) is 0 Å². The summed E-state index contributed by atoms with van der Waals surface area (Å²) in [5, 5.41) is 14.2. The molecule has 4 nitrogen and oxygen atoms in total. The van der Waals surface area contributed by atoms with Crippen LogP contribution in [-0.4, -0.2) is 36.5 Å². The van der Waals surface area contributed by atoms with Crippen LogP contribution in [0.15, 0.2) is 24.3 Å². The van der Waals surface area contributed by atoms with E-state index in [1.807, 2.05) is 19.1 Å². The lowest BCUT2D eigenvalue weighted by atomic mass is 9.54. The maximum absolute atomic E-state index is 10.5. The Hall–Kier alpha value is -1.52. The molecule has 1 aromatic rings. The van der Waals surface area contributed by atoms with Crippen LogP contribution in [-0.2, 0) is 11.8 Å². The van der Waals surface area contributed by atoms with E-state index in [0.717, 1.165) is 30.9 Å². The van der Waals surface area contributed by atoms with E-state index in [1.54, 1.807) is 0 Å². The first-order chi connectivity index (χ1) is 10.8. The fourth-order valence-electron chi connectivity index (χ4n) is 5.24. The van der Waals surface area contributed by atoms with Gasteiger partial charge in [-0.05, 0) is 37.9 Å². The molecule has 0 saturated carbocycles. The van der Waals surface area contributed by atoms with Crippen LogP contribution >= 0.6 is 0 Å². The summed E-state index contributed by atoms with van der Waals surface area (Å²) in [6.07, 6.45) is 5.45. The Balaban J connectivity index is 1.79. The lowest BCUT2D eigenvalue weighted by Gasteiger charge is -2.53. The van der Waals surface area contributed by atoms with Gasteiger partial charge in [0.15, 0.2) is 11.5 Å². The van der Waals surface area contributed by atoms with Crippen LogP contribution < -0.4 is 14.8 Å². The topological polar surface area (TPSA) is 50.7 Å². The van der Waals surface area contributed by atoms with Crippen LogP contribution in [0.1, 0.15) is 24.5 Å². The van der Waals surface area contributed by atoms with E-state index in [9.17, 15) is 5.11 Å². The number of rotatable bonds is 2. The minimum absolute atomic E-state index is 0.0832. The summed E-state index contributed by atoms with van der Waals surface area (Å²) in [6, 6.07) is 4.67. The highest BCUT2D eigenvalue weighted by Crippen LogP contribution is 2.61. The minimum Gasteiger partial charge on any atom is -0.490 e. The van der Waals surface area contributed by atoms with Crippen molar-refractivity contribution >= 4 is 0 Å². The Bertz CT molecular complexity index is 671. The molecule has 2 aliphatic carbocycles. The molecule has 1 fully saturated rings. The van der Waals surface area contributed by atoms with E-state index in [-0.39, 0.29) is 11.5 Å². The molecule has 0 radical (unpaired) electrons. The van der Waals surface area contributed by atoms with Crippen LogP contribution in [0.4, 0.5) is 0 Å². The summed E-state index contributed by atoms with van der Waals surface area (Å²) in [5.74, 6) is 2.12. The Labute approximate surface area is 130 Å². The van der Waals surface area contributed by atoms with Crippen LogP contribution in [0.3, 0.4) is 0 Å². The molecule has 2 heterocycles. The van der Waals surface area contributed by atoms with Gasteiger partial charge in [-0.2, -0.15) is 0 Å². The van der Waals surface area contributed by atoms with Crippen LogP contribution in [0.2, 0.25) is 0 Å². The van der Waals surface area contributed by atoms with Crippen molar-refractivity contribution < 1.29 is 14.6 Å². The van der Waals surface area contributed by atoms with Gasteiger partial charge in [-0.25, -0.2) is 0 Å². The monoisotopic (exact) mass is 299 g/mol. The lowest BCUT2D eigenvalue weighted by Crippen LogP contribution is -2.64. The van der Waals surface area contributed by atoms with Gasteiger partial charge < -0.3 is 19.9 Å². The summed E-state index contributed by atoms with van der Waals surface area (Å²) in [4.78, 5) is 0. The molecule has 2 aliphatic heterocycles. The van der Waals surface area contributed by atoms with Crippen LogP contribution in [0.5, 0.6) is 11.5 Å². The van der Waals surface area contributed by atoms with Crippen molar-refractivity contribution in [2.24, 2.45) is 5.92 Å². The maximum atomic E-state index is 10.5. The van der Waals surface area contributed by atoms with Crippen molar-refractivity contribution in [2.75, 3.05) is 13.2 Å². The molecular weight excluding hydrogens is 278 g/mol. The maximum Gasteiger partial charge on any atom is 0.165 e. The summed E-state index contributed by atoms with van der Waals surface area (Å²) < 4.78 is 12.1. The van der Waals surface area contributed by atoms with Gasteiger partial charge in [0, 0.05) is 22.9 Å². The molecule has 5 rings (SSSR count). The zero-order chi connectivity index (χ0) is 14.9. The van der Waals surface area contributed by atoms with Crippen LogP contribution in [0, 0.1) is 5.92 Å². The standard InChI is InChI=1S/C18H21NO3/c1-2-21-14-6-3-10-9-12-11-4-5-13(20)17-18(11,7-8-19-12)15(10)16(14)22-17/h3-6,11-13,17,19-20H,2,7-9H2,1H3. The number of nitrogens with one attached hydrogen (secondary N) is 1. The summed E-state index contributed by atoms with van der Waals surface area (Å²) in [6.45, 7) is 3.60. The first-order valence-electron chi connectivity index (χ1n) is 8.31. The molecular formula is C18H21NO3. The van der Waals surface area contributed by atoms with E-state index >= 15 is 0 Å². The molecule has 1 spiro atoms. The summed E-state index contributed by atoms with van der Waals surface area (Å²) >= 11 is 0. The average Bonchev–Trinajstić information content (AvgIpc) is 2.85. The number of hydrogen-bond acceptors (Lipinski definition) is 4. The molecule has 22 heavy (non-hydrogen) atoms. The predicted octanol–water partition coefficient (Wildman–Crippen LogP) is 1.55. The van der Waals surface area contributed by atoms with Crippen molar-refractivity contribution in [3.05, 3.63) is 35.4 Å². The van der Waals surface area contributed by atoms with E-state index in [2.05, 4.69) is 17.5 Å². The fourth-order valence-corrected chi connectivity index (χ4v) is 5.24. The van der Waals surface area contributed by atoms with Crippen molar-refractivity contribution in [1.29, 1.82) is 0 Å². The van der Waals surface area contributed by atoms with E-state index < -0.39 is 6.10 Å². The highest BCUT2D eigenvalue weighted by atomic mass is 16.5. The number of hydrogen-bond donors (Lipinski definition) is 2. The lowest BCUT2D eigenvalue weighted by molar-refractivity contribution is -0.0178. The zero-order valence-corrected chi connectivity index (χ0v) is 12.7. The molecule has 0 aromatic heterocycles. The van der Waals surface area contributed by atoms with Crippen molar-refractivity contribution in [3.63, 3.8) is 0 Å². The zero-order valence-electron chi connectivity index (χ0n) is 12.7. The number of aliphatic hydroxyl groups excluding tert-OH is 1. The summed E-state index contributed by atoms with van der Waals surface area (Å²) in [7, 11) is 0. The predicted molar refractivity (Wildman–Crippen MR) is 82.5 cm³/mol. The third kappa shape index (κ3) is 1.36. The number of ether oxygens (including phenoxy) is 2. The number of aliphatic hydroxyl groups is 1.